The first-order valence-corrected chi connectivity index (χ1v) is 4.41. The van der Waals surface area contributed by atoms with Crippen LogP contribution >= 0.6 is 0 Å². The van der Waals surface area contributed by atoms with Crippen molar-refractivity contribution in [2.45, 2.75) is 6.18 Å². The Balaban J connectivity index is 2.45. The number of methoxy groups -OCH3 is 1. The number of hydrogen-bond acceptors (Lipinski definition) is 4. The van der Waals surface area contributed by atoms with E-state index in [1.165, 1.54) is 25.4 Å². The summed E-state index contributed by atoms with van der Waals surface area (Å²) in [6.07, 6.45) is -4.52. The maximum Gasteiger partial charge on any atom is 0.422 e. The minimum atomic E-state index is -4.55. The molecule has 1 amide bonds. The lowest BCUT2D eigenvalue weighted by Crippen LogP contribution is -2.23. The Morgan fingerprint density at radius 1 is 1.47 bits per heavy atom. The van der Waals surface area contributed by atoms with Gasteiger partial charge in [-0.05, 0) is 6.07 Å². The highest BCUT2D eigenvalue weighted by Gasteiger charge is 2.29. The molecule has 1 aromatic rings. The number of alkyl halides is 3. The van der Waals surface area contributed by atoms with Crippen LogP contribution in [0.15, 0.2) is 18.3 Å². The zero-order valence-corrected chi connectivity index (χ0v) is 8.75. The summed E-state index contributed by atoms with van der Waals surface area (Å²) in [4.78, 5) is 14.7. The Morgan fingerprint density at radius 3 is 2.65 bits per heavy atom. The summed E-state index contributed by atoms with van der Waals surface area (Å²) in [5, 5.41) is 2.09. The summed E-state index contributed by atoms with van der Waals surface area (Å²) in [6, 6.07) is 2.86. The summed E-state index contributed by atoms with van der Waals surface area (Å²) in [6.45, 7) is -1.64. The molecule has 0 bridgehead atoms. The maximum atomic E-state index is 11.7. The Kier molecular flexibility index (Phi) is 4.13. The second kappa shape index (κ2) is 5.37. The van der Waals surface area contributed by atoms with Crippen LogP contribution in [0.4, 0.5) is 23.7 Å². The first-order valence-electron chi connectivity index (χ1n) is 4.41. The van der Waals surface area contributed by atoms with Crippen LogP contribution in [0.25, 0.3) is 0 Å². The summed E-state index contributed by atoms with van der Waals surface area (Å²) in [5.74, 6) is 0.319. The molecule has 0 saturated carbocycles. The van der Waals surface area contributed by atoms with Gasteiger partial charge in [0, 0.05) is 6.07 Å². The number of carbonyl (C=O) groups excluding carboxylic acids is 1. The van der Waals surface area contributed by atoms with Crippen LogP contribution in [0.3, 0.4) is 0 Å². The first kappa shape index (κ1) is 13.1. The zero-order chi connectivity index (χ0) is 12.9. The third kappa shape index (κ3) is 5.05. The molecule has 0 radical (unpaired) electrons. The number of ether oxygens (including phenoxy) is 2. The summed E-state index contributed by atoms with van der Waals surface area (Å²) < 4.78 is 43.9. The van der Waals surface area contributed by atoms with Gasteiger partial charge < -0.3 is 9.47 Å². The number of nitrogens with zero attached hydrogens (tertiary/aromatic N) is 1. The predicted octanol–water partition coefficient (Wildman–Crippen LogP) is 2.20. The molecule has 5 nitrogen and oxygen atoms in total. The van der Waals surface area contributed by atoms with Crippen molar-refractivity contribution >= 4 is 11.8 Å². The molecule has 1 heterocycles. The van der Waals surface area contributed by atoms with E-state index in [1.54, 1.807) is 0 Å². The van der Waals surface area contributed by atoms with Crippen LogP contribution in [0, 0.1) is 0 Å². The number of halogens is 3. The van der Waals surface area contributed by atoms with Gasteiger partial charge in [-0.3, -0.25) is 5.32 Å². The maximum absolute atomic E-state index is 11.7. The molecular formula is C9H9F3N2O3. The van der Waals surface area contributed by atoms with E-state index >= 15 is 0 Å². The molecule has 17 heavy (non-hydrogen) atoms. The molecule has 0 aliphatic carbocycles. The van der Waals surface area contributed by atoms with E-state index in [9.17, 15) is 18.0 Å². The quantitative estimate of drug-likeness (QED) is 0.893. The highest BCUT2D eigenvalue weighted by atomic mass is 19.4. The molecule has 1 rings (SSSR count). The molecule has 94 valence electrons. The van der Waals surface area contributed by atoms with Gasteiger partial charge in [0.25, 0.3) is 0 Å². The number of nitrogens with one attached hydrogen (secondary N) is 1. The Morgan fingerprint density at radius 2 is 2.18 bits per heavy atom. The SMILES string of the molecule is COc1ccc(NC(=O)OCC(F)(F)F)cn1. The largest absolute Gasteiger partial charge is 0.481 e. The third-order valence-electron chi connectivity index (χ3n) is 1.56. The van der Waals surface area contributed by atoms with Crippen molar-refractivity contribution in [2.24, 2.45) is 0 Å². The number of rotatable bonds is 3. The van der Waals surface area contributed by atoms with Gasteiger partial charge in [0.2, 0.25) is 5.88 Å². The fourth-order valence-corrected chi connectivity index (χ4v) is 0.876. The van der Waals surface area contributed by atoms with Crippen molar-refractivity contribution in [3.05, 3.63) is 18.3 Å². The van der Waals surface area contributed by atoms with E-state index in [0.717, 1.165) is 0 Å². The molecule has 0 unspecified atom stereocenters. The highest BCUT2D eigenvalue weighted by Crippen LogP contribution is 2.15. The van der Waals surface area contributed by atoms with Crippen molar-refractivity contribution in [3.63, 3.8) is 0 Å². The van der Waals surface area contributed by atoms with E-state index in [0.29, 0.717) is 5.88 Å². The van der Waals surface area contributed by atoms with Gasteiger partial charge in [-0.1, -0.05) is 0 Å². The lowest BCUT2D eigenvalue weighted by atomic mass is 10.4. The van der Waals surface area contributed by atoms with Crippen LogP contribution in [0.2, 0.25) is 0 Å². The fourth-order valence-electron chi connectivity index (χ4n) is 0.876. The van der Waals surface area contributed by atoms with Crippen molar-refractivity contribution in [1.29, 1.82) is 0 Å². The predicted molar refractivity (Wildman–Crippen MR) is 51.8 cm³/mol. The topological polar surface area (TPSA) is 60.5 Å². The number of carbonyl (C=O) groups is 1. The van der Waals surface area contributed by atoms with Gasteiger partial charge in [-0.25, -0.2) is 9.78 Å². The number of pyridine rings is 1. The minimum absolute atomic E-state index is 0.206. The van der Waals surface area contributed by atoms with Crippen LogP contribution < -0.4 is 10.1 Å². The number of anilines is 1. The lowest BCUT2D eigenvalue weighted by molar-refractivity contribution is -0.159. The average molecular weight is 250 g/mol. The second-order valence-corrected chi connectivity index (χ2v) is 2.91. The van der Waals surface area contributed by atoms with Crippen LogP contribution in [-0.2, 0) is 4.74 Å². The molecule has 1 aromatic heterocycles. The van der Waals surface area contributed by atoms with Gasteiger partial charge in [-0.2, -0.15) is 13.2 Å². The number of amides is 1. The van der Waals surface area contributed by atoms with Gasteiger partial charge in [0.1, 0.15) is 0 Å². The monoisotopic (exact) mass is 250 g/mol. The molecule has 0 saturated heterocycles. The molecule has 0 aromatic carbocycles. The first-order chi connectivity index (χ1) is 7.90. The molecule has 1 N–H and O–H groups in total. The normalized spacial score (nSPS) is 10.8. The van der Waals surface area contributed by atoms with E-state index in [4.69, 9.17) is 4.74 Å². The lowest BCUT2D eigenvalue weighted by Gasteiger charge is -2.08. The van der Waals surface area contributed by atoms with Crippen LogP contribution in [0.5, 0.6) is 5.88 Å². The van der Waals surface area contributed by atoms with E-state index in [2.05, 4.69) is 15.0 Å². The molecular weight excluding hydrogens is 241 g/mol. The van der Waals surface area contributed by atoms with Crippen LogP contribution in [0.1, 0.15) is 0 Å². The standard InChI is InChI=1S/C9H9F3N2O3/c1-16-7-3-2-6(4-13-7)14-8(15)17-5-9(10,11)12/h2-4H,5H2,1H3,(H,14,15). The highest BCUT2D eigenvalue weighted by molar-refractivity contribution is 5.84. The molecule has 0 spiro atoms. The average Bonchev–Trinajstić information content (AvgIpc) is 2.27. The number of hydrogen-bond donors (Lipinski definition) is 1. The van der Waals surface area contributed by atoms with Gasteiger partial charge in [-0.15, -0.1) is 0 Å². The van der Waals surface area contributed by atoms with E-state index in [1.807, 2.05) is 0 Å². The Labute approximate surface area is 94.5 Å². The smallest absolute Gasteiger partial charge is 0.422 e. The molecule has 0 aliphatic heterocycles. The second-order valence-electron chi connectivity index (χ2n) is 2.91. The number of aromatic nitrogens is 1. The van der Waals surface area contributed by atoms with Gasteiger partial charge in [0.05, 0.1) is 19.0 Å². The Bertz CT molecular complexity index is 378. The van der Waals surface area contributed by atoms with Gasteiger partial charge in [0.15, 0.2) is 6.61 Å². The third-order valence-corrected chi connectivity index (χ3v) is 1.56. The minimum Gasteiger partial charge on any atom is -0.481 e. The zero-order valence-electron chi connectivity index (χ0n) is 8.75. The van der Waals surface area contributed by atoms with Crippen molar-refractivity contribution < 1.29 is 27.4 Å². The summed E-state index contributed by atoms with van der Waals surface area (Å²) in [7, 11) is 1.41. The van der Waals surface area contributed by atoms with Gasteiger partial charge >= 0.3 is 12.3 Å². The molecule has 0 aliphatic rings. The van der Waals surface area contributed by atoms with Crippen molar-refractivity contribution in [2.75, 3.05) is 19.0 Å². The van der Waals surface area contributed by atoms with E-state index < -0.39 is 18.9 Å². The molecule has 0 atom stereocenters. The summed E-state index contributed by atoms with van der Waals surface area (Å²) >= 11 is 0. The van der Waals surface area contributed by atoms with Crippen molar-refractivity contribution in [3.8, 4) is 5.88 Å². The molecule has 0 fully saturated rings. The van der Waals surface area contributed by atoms with E-state index in [-0.39, 0.29) is 5.69 Å². The molecule has 8 heteroatoms. The Hall–Kier alpha value is -1.99. The van der Waals surface area contributed by atoms with Crippen molar-refractivity contribution in [1.82, 2.24) is 4.98 Å². The fraction of sp³-hybridized carbons (Fsp3) is 0.333. The van der Waals surface area contributed by atoms with Crippen LogP contribution in [-0.4, -0.2) is 31.0 Å². The summed E-state index contributed by atoms with van der Waals surface area (Å²) in [5.41, 5.74) is 0.206.